The van der Waals surface area contributed by atoms with E-state index in [1.807, 2.05) is 6.07 Å². The fourth-order valence-corrected chi connectivity index (χ4v) is 1.43. The van der Waals surface area contributed by atoms with Gasteiger partial charge in [-0.25, -0.2) is 0 Å². The summed E-state index contributed by atoms with van der Waals surface area (Å²) in [6.45, 7) is 0. The smallest absolute Gasteiger partial charge is 0.328 e. The standard InChI is InChI=1S/C9H8N2O2/c10-5-6-4-7-8(13-9(6)12)2-1-3-11-7/h1-3,6-7,11H,4H2. The second-order valence-electron chi connectivity index (χ2n) is 2.99. The first-order chi connectivity index (χ1) is 6.31. The minimum atomic E-state index is -0.638. The van der Waals surface area contributed by atoms with Gasteiger partial charge in [0.2, 0.25) is 0 Å². The first-order valence-electron chi connectivity index (χ1n) is 4.05. The minimum Gasteiger partial charge on any atom is -0.428 e. The molecule has 0 saturated carbocycles. The van der Waals surface area contributed by atoms with Crippen molar-refractivity contribution in [3.63, 3.8) is 0 Å². The van der Waals surface area contributed by atoms with Crippen LogP contribution in [0.5, 0.6) is 0 Å². The highest BCUT2D eigenvalue weighted by molar-refractivity contribution is 5.77. The monoisotopic (exact) mass is 176 g/mol. The first kappa shape index (κ1) is 7.87. The quantitative estimate of drug-likeness (QED) is 0.544. The predicted octanol–water partition coefficient (Wildman–Crippen LogP) is 0.442. The summed E-state index contributed by atoms with van der Waals surface area (Å²) in [5, 5.41) is 11.7. The largest absolute Gasteiger partial charge is 0.428 e. The third-order valence-corrected chi connectivity index (χ3v) is 2.13. The summed E-state index contributed by atoms with van der Waals surface area (Å²) in [7, 11) is 0. The molecule has 0 aliphatic carbocycles. The number of carbonyl (C=O) groups excluding carboxylic acids is 1. The zero-order chi connectivity index (χ0) is 9.26. The van der Waals surface area contributed by atoms with Crippen LogP contribution in [0.2, 0.25) is 0 Å². The van der Waals surface area contributed by atoms with Gasteiger partial charge in [0.15, 0.2) is 0 Å². The number of esters is 1. The highest BCUT2D eigenvalue weighted by Crippen LogP contribution is 2.24. The van der Waals surface area contributed by atoms with Crippen molar-refractivity contribution in [3.8, 4) is 6.07 Å². The Hall–Kier alpha value is -1.76. The molecule has 2 rings (SSSR count). The minimum absolute atomic E-state index is 0.0210. The number of nitrogens with one attached hydrogen (secondary N) is 1. The van der Waals surface area contributed by atoms with E-state index < -0.39 is 11.9 Å². The van der Waals surface area contributed by atoms with E-state index in [1.54, 1.807) is 18.4 Å². The molecule has 2 aliphatic rings. The Labute approximate surface area is 75.5 Å². The number of dihydropyridines is 1. The topological polar surface area (TPSA) is 62.1 Å². The van der Waals surface area contributed by atoms with Crippen molar-refractivity contribution in [2.24, 2.45) is 5.92 Å². The van der Waals surface area contributed by atoms with Gasteiger partial charge < -0.3 is 10.1 Å². The van der Waals surface area contributed by atoms with Crippen molar-refractivity contribution in [2.75, 3.05) is 0 Å². The second kappa shape index (κ2) is 2.94. The summed E-state index contributed by atoms with van der Waals surface area (Å²) < 4.78 is 4.98. The molecular weight excluding hydrogens is 168 g/mol. The number of rotatable bonds is 0. The number of carbonyl (C=O) groups is 1. The lowest BCUT2D eigenvalue weighted by molar-refractivity contribution is -0.146. The summed E-state index contributed by atoms with van der Waals surface area (Å²) in [6.07, 6.45) is 5.78. The van der Waals surface area contributed by atoms with E-state index in [0.29, 0.717) is 12.2 Å². The van der Waals surface area contributed by atoms with Crippen molar-refractivity contribution in [2.45, 2.75) is 12.5 Å². The van der Waals surface area contributed by atoms with Gasteiger partial charge in [0.25, 0.3) is 0 Å². The van der Waals surface area contributed by atoms with E-state index in [0.717, 1.165) is 0 Å². The fraction of sp³-hybridized carbons (Fsp3) is 0.333. The molecule has 1 N–H and O–H groups in total. The van der Waals surface area contributed by atoms with Crippen molar-refractivity contribution < 1.29 is 9.53 Å². The molecule has 0 aromatic heterocycles. The van der Waals surface area contributed by atoms with Crippen LogP contribution in [0, 0.1) is 17.2 Å². The summed E-state index contributed by atoms with van der Waals surface area (Å²) in [5.41, 5.74) is 0. The summed E-state index contributed by atoms with van der Waals surface area (Å²) in [6, 6.07) is 1.90. The van der Waals surface area contributed by atoms with Gasteiger partial charge in [-0.05, 0) is 18.4 Å². The molecule has 4 nitrogen and oxygen atoms in total. The van der Waals surface area contributed by atoms with Crippen molar-refractivity contribution in [3.05, 3.63) is 24.1 Å². The first-order valence-corrected chi connectivity index (χ1v) is 4.05. The number of hydrogen-bond donors (Lipinski definition) is 1. The zero-order valence-electron chi connectivity index (χ0n) is 6.86. The SMILES string of the molecule is N#CC1CC2NC=CC=C2OC1=O. The van der Waals surface area contributed by atoms with Crippen LogP contribution in [0.3, 0.4) is 0 Å². The number of nitriles is 1. The maximum Gasteiger partial charge on any atom is 0.328 e. The van der Waals surface area contributed by atoms with Crippen LogP contribution in [0.4, 0.5) is 0 Å². The molecule has 0 bridgehead atoms. The van der Waals surface area contributed by atoms with E-state index in [1.165, 1.54) is 0 Å². The molecule has 0 spiro atoms. The van der Waals surface area contributed by atoms with Crippen molar-refractivity contribution in [1.29, 1.82) is 5.26 Å². The number of nitrogens with zero attached hydrogens (tertiary/aromatic N) is 1. The molecule has 2 heterocycles. The molecule has 0 radical (unpaired) electrons. The second-order valence-corrected chi connectivity index (χ2v) is 2.99. The van der Waals surface area contributed by atoms with Crippen LogP contribution in [0.25, 0.3) is 0 Å². The van der Waals surface area contributed by atoms with Crippen molar-refractivity contribution in [1.82, 2.24) is 5.32 Å². The van der Waals surface area contributed by atoms with Crippen molar-refractivity contribution >= 4 is 5.97 Å². The third kappa shape index (κ3) is 1.29. The Bertz CT molecular complexity index is 338. The number of allylic oxidation sites excluding steroid dienone is 2. The molecule has 13 heavy (non-hydrogen) atoms. The maximum atomic E-state index is 11.1. The molecule has 2 aliphatic heterocycles. The Morgan fingerprint density at radius 1 is 1.69 bits per heavy atom. The van der Waals surface area contributed by atoms with E-state index in [9.17, 15) is 4.79 Å². The van der Waals surface area contributed by atoms with Crippen LogP contribution in [-0.4, -0.2) is 12.0 Å². The van der Waals surface area contributed by atoms with Crippen LogP contribution in [-0.2, 0) is 9.53 Å². The molecule has 2 atom stereocenters. The predicted molar refractivity (Wildman–Crippen MR) is 44.0 cm³/mol. The molecule has 4 heteroatoms. The maximum absolute atomic E-state index is 11.1. The van der Waals surface area contributed by atoms with Gasteiger partial charge in [-0.2, -0.15) is 5.26 Å². The molecule has 66 valence electrons. The lowest BCUT2D eigenvalue weighted by Gasteiger charge is -2.28. The summed E-state index contributed by atoms with van der Waals surface area (Å²) >= 11 is 0. The normalized spacial score (nSPS) is 30.7. The number of ether oxygens (including phenoxy) is 1. The lowest BCUT2D eigenvalue weighted by Crippen LogP contribution is -2.39. The molecule has 0 amide bonds. The summed E-state index contributed by atoms with van der Waals surface area (Å²) in [4.78, 5) is 11.1. The molecule has 2 unspecified atom stereocenters. The Morgan fingerprint density at radius 2 is 2.54 bits per heavy atom. The average Bonchev–Trinajstić information content (AvgIpc) is 2.17. The Balaban J connectivity index is 2.20. The van der Waals surface area contributed by atoms with Gasteiger partial charge in [-0.1, -0.05) is 0 Å². The van der Waals surface area contributed by atoms with Gasteiger partial charge in [0, 0.05) is 6.42 Å². The Kier molecular flexibility index (Phi) is 1.78. The fourth-order valence-electron chi connectivity index (χ4n) is 1.43. The summed E-state index contributed by atoms with van der Waals surface area (Å²) in [5.74, 6) is -0.470. The number of hydrogen-bond acceptors (Lipinski definition) is 4. The van der Waals surface area contributed by atoms with Crippen LogP contribution < -0.4 is 5.32 Å². The van der Waals surface area contributed by atoms with Gasteiger partial charge in [0.05, 0.1) is 12.1 Å². The lowest BCUT2D eigenvalue weighted by atomic mass is 9.96. The highest BCUT2D eigenvalue weighted by atomic mass is 16.5. The van der Waals surface area contributed by atoms with Crippen LogP contribution in [0.1, 0.15) is 6.42 Å². The van der Waals surface area contributed by atoms with Gasteiger partial charge in [0.1, 0.15) is 11.7 Å². The zero-order valence-corrected chi connectivity index (χ0v) is 6.86. The molecule has 1 fully saturated rings. The Morgan fingerprint density at radius 3 is 3.31 bits per heavy atom. The van der Waals surface area contributed by atoms with Crippen LogP contribution >= 0.6 is 0 Å². The van der Waals surface area contributed by atoms with E-state index in [2.05, 4.69) is 5.32 Å². The van der Waals surface area contributed by atoms with Gasteiger partial charge >= 0.3 is 5.97 Å². The molecule has 1 saturated heterocycles. The third-order valence-electron chi connectivity index (χ3n) is 2.13. The van der Waals surface area contributed by atoms with Gasteiger partial charge in [-0.15, -0.1) is 0 Å². The van der Waals surface area contributed by atoms with E-state index in [-0.39, 0.29) is 6.04 Å². The number of fused-ring (bicyclic) bond motifs is 1. The highest BCUT2D eigenvalue weighted by Gasteiger charge is 2.34. The van der Waals surface area contributed by atoms with Gasteiger partial charge in [-0.3, -0.25) is 4.79 Å². The molecular formula is C9H8N2O2. The average molecular weight is 176 g/mol. The van der Waals surface area contributed by atoms with Crippen LogP contribution in [0.15, 0.2) is 24.1 Å². The molecule has 0 aromatic rings. The van der Waals surface area contributed by atoms with E-state index >= 15 is 0 Å². The molecule has 0 aromatic carbocycles. The van der Waals surface area contributed by atoms with E-state index in [4.69, 9.17) is 10.00 Å².